The number of halogens is 1. The van der Waals surface area contributed by atoms with Crippen molar-refractivity contribution in [3.63, 3.8) is 0 Å². The van der Waals surface area contributed by atoms with E-state index in [2.05, 4.69) is 6.92 Å². The maximum atomic E-state index is 13.9. The highest BCUT2D eigenvalue weighted by atomic mass is 32.2. The van der Waals surface area contributed by atoms with Crippen LogP contribution < -0.4 is 0 Å². The molecule has 0 saturated heterocycles. The number of unbranched alkanes of at least 4 members (excludes halogenated alkanes) is 1. The van der Waals surface area contributed by atoms with E-state index in [4.69, 9.17) is 0 Å². The second-order valence-electron chi connectivity index (χ2n) is 6.84. The number of rotatable bonds is 5. The van der Waals surface area contributed by atoms with Gasteiger partial charge in [-0.2, -0.15) is 0 Å². The average molecular weight is 406 g/mol. The molecule has 152 valence electrons. The molecule has 2 aromatic rings. The molecule has 3 atom stereocenters. The number of nitro groups is 1. The molecule has 1 heterocycles. The molecular weight excluding hydrogens is 377 g/mol. The molecule has 0 aliphatic carbocycles. The van der Waals surface area contributed by atoms with Crippen molar-refractivity contribution < 1.29 is 13.5 Å². The van der Waals surface area contributed by atoms with Crippen LogP contribution in [-0.4, -0.2) is 14.9 Å². The molecule has 28 heavy (non-hydrogen) atoms. The van der Waals surface area contributed by atoms with Gasteiger partial charge in [0.15, 0.2) is 0 Å². The van der Waals surface area contributed by atoms with Crippen LogP contribution in [0.2, 0.25) is 0 Å². The molecule has 1 aliphatic heterocycles. The van der Waals surface area contributed by atoms with Crippen molar-refractivity contribution in [3.8, 4) is 0 Å². The van der Waals surface area contributed by atoms with Crippen LogP contribution in [0, 0.1) is 21.8 Å². The van der Waals surface area contributed by atoms with E-state index in [1.807, 2.05) is 19.9 Å². The van der Waals surface area contributed by atoms with Gasteiger partial charge in [0.2, 0.25) is 0 Å². The smallest absolute Gasteiger partial charge is 0.258 e. The molecule has 4 nitrogen and oxygen atoms in total. The first-order chi connectivity index (χ1) is 13.5. The van der Waals surface area contributed by atoms with Crippen LogP contribution in [0.5, 0.6) is 0 Å². The Morgan fingerprint density at radius 3 is 2.64 bits per heavy atom. The van der Waals surface area contributed by atoms with Gasteiger partial charge in [-0.3, -0.25) is 14.3 Å². The molecule has 0 bridgehead atoms. The lowest BCUT2D eigenvalue weighted by molar-refractivity contribution is -0.384. The van der Waals surface area contributed by atoms with Crippen LogP contribution in [-0.2, 0) is 10.8 Å². The molecule has 0 N–H and O–H groups in total. The van der Waals surface area contributed by atoms with Crippen LogP contribution in [0.15, 0.2) is 47.4 Å². The second-order valence-corrected chi connectivity index (χ2v) is 8.31. The van der Waals surface area contributed by atoms with Crippen molar-refractivity contribution in [2.45, 2.75) is 57.3 Å². The standard InChI is InChI=1S/C20H22FNO3S.C2H6/c1-2-3-5-14-10-18(15-6-4-7-17(11-15)22(23)24)19-12-16(21)8-9-20(19)26(25)13-14;1-2/h4,6-9,11-12,14,18H,2-3,5,10,13H2,1H3;1-2H3/t14?,18-,26?;/m1./s1. The van der Waals surface area contributed by atoms with Gasteiger partial charge in [-0.25, -0.2) is 4.39 Å². The van der Waals surface area contributed by atoms with Crippen molar-refractivity contribution in [2.24, 2.45) is 5.92 Å². The molecule has 0 amide bonds. The Morgan fingerprint density at radius 1 is 1.21 bits per heavy atom. The topological polar surface area (TPSA) is 60.2 Å². The van der Waals surface area contributed by atoms with Crippen molar-refractivity contribution in [1.82, 2.24) is 0 Å². The average Bonchev–Trinajstić information content (AvgIpc) is 2.84. The van der Waals surface area contributed by atoms with Gasteiger partial charge in [-0.15, -0.1) is 0 Å². The third-order valence-corrected chi connectivity index (χ3v) is 6.63. The Kier molecular flexibility index (Phi) is 8.30. The van der Waals surface area contributed by atoms with E-state index in [9.17, 15) is 18.7 Å². The molecular formula is C22H28FNO3S. The van der Waals surface area contributed by atoms with E-state index < -0.39 is 15.7 Å². The zero-order valence-electron chi connectivity index (χ0n) is 16.7. The predicted octanol–water partition coefficient (Wildman–Crippen LogP) is 6.21. The van der Waals surface area contributed by atoms with E-state index >= 15 is 0 Å². The number of nitrogens with zero attached hydrogens (tertiary/aromatic N) is 1. The Morgan fingerprint density at radius 2 is 1.96 bits per heavy atom. The Hall–Kier alpha value is -2.08. The highest BCUT2D eigenvalue weighted by Gasteiger charge is 2.30. The summed E-state index contributed by atoms with van der Waals surface area (Å²) in [6.45, 7) is 6.12. The summed E-state index contributed by atoms with van der Waals surface area (Å²) in [5, 5.41) is 11.2. The Bertz CT molecular complexity index is 840. The molecule has 3 rings (SSSR count). The fraction of sp³-hybridized carbons (Fsp3) is 0.455. The quantitative estimate of drug-likeness (QED) is 0.439. The number of benzene rings is 2. The van der Waals surface area contributed by atoms with Crippen LogP contribution >= 0.6 is 0 Å². The Labute approximate surface area is 168 Å². The number of hydrogen-bond donors (Lipinski definition) is 0. The summed E-state index contributed by atoms with van der Waals surface area (Å²) < 4.78 is 26.8. The first-order valence-corrected chi connectivity index (χ1v) is 11.2. The van der Waals surface area contributed by atoms with E-state index in [0.29, 0.717) is 16.2 Å². The minimum atomic E-state index is -1.18. The normalized spacial score (nSPS) is 21.1. The van der Waals surface area contributed by atoms with Crippen LogP contribution in [0.25, 0.3) is 0 Å². The molecule has 0 saturated carbocycles. The molecule has 2 aromatic carbocycles. The van der Waals surface area contributed by atoms with Gasteiger partial charge in [-0.1, -0.05) is 45.7 Å². The highest BCUT2D eigenvalue weighted by molar-refractivity contribution is 7.85. The molecule has 0 aromatic heterocycles. The molecule has 2 unspecified atom stereocenters. The minimum Gasteiger partial charge on any atom is -0.258 e. The van der Waals surface area contributed by atoms with Crippen molar-refractivity contribution in [2.75, 3.05) is 5.75 Å². The monoisotopic (exact) mass is 405 g/mol. The third kappa shape index (κ3) is 5.25. The summed E-state index contributed by atoms with van der Waals surface area (Å²) in [4.78, 5) is 11.4. The van der Waals surface area contributed by atoms with E-state index in [1.54, 1.807) is 18.2 Å². The lowest BCUT2D eigenvalue weighted by atomic mass is 9.82. The summed E-state index contributed by atoms with van der Waals surface area (Å²) in [6, 6.07) is 10.9. The summed E-state index contributed by atoms with van der Waals surface area (Å²) in [6.07, 6.45) is 3.80. The molecule has 0 spiro atoms. The van der Waals surface area contributed by atoms with E-state index in [1.165, 1.54) is 18.2 Å². The largest absolute Gasteiger partial charge is 0.269 e. The SMILES string of the molecule is CC.CCCCC1C[C@H](c2cccc([N+](=O)[O-])c2)c2cc(F)ccc2S(=O)C1. The number of non-ortho nitro benzene ring substituents is 1. The lowest BCUT2D eigenvalue weighted by Gasteiger charge is -2.21. The van der Waals surface area contributed by atoms with E-state index in [-0.39, 0.29) is 23.3 Å². The van der Waals surface area contributed by atoms with Gasteiger partial charge < -0.3 is 0 Å². The Balaban J connectivity index is 0.00000136. The van der Waals surface area contributed by atoms with Gasteiger partial charge in [0.1, 0.15) is 5.82 Å². The number of hydrogen-bond acceptors (Lipinski definition) is 3. The van der Waals surface area contributed by atoms with Crippen molar-refractivity contribution in [1.29, 1.82) is 0 Å². The fourth-order valence-corrected chi connectivity index (χ4v) is 5.29. The minimum absolute atomic E-state index is 0.0240. The predicted molar refractivity (Wildman–Crippen MR) is 112 cm³/mol. The van der Waals surface area contributed by atoms with Crippen LogP contribution in [0.3, 0.4) is 0 Å². The zero-order valence-corrected chi connectivity index (χ0v) is 17.5. The van der Waals surface area contributed by atoms with Crippen LogP contribution in [0.4, 0.5) is 10.1 Å². The van der Waals surface area contributed by atoms with Gasteiger partial charge in [-0.05, 0) is 48.1 Å². The van der Waals surface area contributed by atoms with Gasteiger partial charge in [0.05, 0.1) is 15.7 Å². The summed E-state index contributed by atoms with van der Waals surface area (Å²) in [5.41, 5.74) is 1.50. The summed E-state index contributed by atoms with van der Waals surface area (Å²) in [5.74, 6) is 0.247. The third-order valence-electron chi connectivity index (χ3n) is 5.00. The van der Waals surface area contributed by atoms with Gasteiger partial charge in [0.25, 0.3) is 5.69 Å². The number of fused-ring (bicyclic) bond motifs is 1. The highest BCUT2D eigenvalue weighted by Crippen LogP contribution is 2.40. The van der Waals surface area contributed by atoms with Gasteiger partial charge in [0, 0.05) is 28.7 Å². The maximum absolute atomic E-state index is 13.9. The first kappa shape index (κ1) is 22.2. The molecule has 0 fully saturated rings. The lowest BCUT2D eigenvalue weighted by Crippen LogP contribution is -2.11. The summed E-state index contributed by atoms with van der Waals surface area (Å²) in [7, 11) is -1.18. The molecule has 6 heteroatoms. The zero-order chi connectivity index (χ0) is 20.7. The molecule has 0 radical (unpaired) electrons. The fourth-order valence-electron chi connectivity index (χ4n) is 3.70. The van der Waals surface area contributed by atoms with Crippen molar-refractivity contribution >= 4 is 16.5 Å². The van der Waals surface area contributed by atoms with Crippen LogP contribution in [0.1, 0.15) is 63.5 Å². The maximum Gasteiger partial charge on any atom is 0.269 e. The second kappa shape index (κ2) is 10.5. The number of nitro benzene ring substituents is 1. The first-order valence-electron chi connectivity index (χ1n) is 9.91. The van der Waals surface area contributed by atoms with Gasteiger partial charge >= 0.3 is 0 Å². The van der Waals surface area contributed by atoms with Crippen molar-refractivity contribution in [3.05, 3.63) is 69.5 Å². The summed E-state index contributed by atoms with van der Waals surface area (Å²) >= 11 is 0. The van der Waals surface area contributed by atoms with E-state index in [0.717, 1.165) is 31.2 Å². The molecule has 1 aliphatic rings.